The van der Waals surface area contributed by atoms with Crippen LogP contribution in [0.4, 0.5) is 13.2 Å². The first kappa shape index (κ1) is 18.5. The van der Waals surface area contributed by atoms with E-state index in [1.165, 1.54) is 47.8 Å². The summed E-state index contributed by atoms with van der Waals surface area (Å²) in [7, 11) is -2.21. The summed E-state index contributed by atoms with van der Waals surface area (Å²) in [5, 5.41) is 0. The van der Waals surface area contributed by atoms with Crippen molar-refractivity contribution in [2.45, 2.75) is 17.2 Å². The molecule has 0 N–H and O–H groups in total. The molecule has 0 amide bonds. The summed E-state index contributed by atoms with van der Waals surface area (Å²) in [4.78, 5) is 3.51. The van der Waals surface area contributed by atoms with E-state index in [9.17, 15) is 21.6 Å². The van der Waals surface area contributed by atoms with Gasteiger partial charge in [-0.25, -0.2) is 13.4 Å². The number of rotatable bonds is 5. The third-order valence-electron chi connectivity index (χ3n) is 3.81. The molecule has 3 rings (SSSR count). The molecule has 1 aliphatic rings. The van der Waals surface area contributed by atoms with Crippen LogP contribution in [-0.2, 0) is 16.2 Å². The Bertz CT molecular complexity index is 879. The largest absolute Gasteiger partial charge is 0.497 e. The van der Waals surface area contributed by atoms with E-state index in [2.05, 4.69) is 4.98 Å². The summed E-state index contributed by atoms with van der Waals surface area (Å²) in [5.74, 6) is 0.343. The smallest absolute Gasteiger partial charge is 0.433 e. The van der Waals surface area contributed by atoms with Crippen LogP contribution in [-0.4, -0.2) is 44.0 Å². The predicted octanol–water partition coefficient (Wildman–Crippen LogP) is 2.56. The number of sulfonamides is 1. The summed E-state index contributed by atoms with van der Waals surface area (Å²) in [6, 6.07) is 9.26. The van der Waals surface area contributed by atoms with Gasteiger partial charge in [0.25, 0.3) is 0 Å². The van der Waals surface area contributed by atoms with E-state index < -0.39 is 28.0 Å². The topological polar surface area (TPSA) is 68.7 Å². The fourth-order valence-electron chi connectivity index (χ4n) is 2.38. The Kier molecular flexibility index (Phi) is 4.80. The third-order valence-corrected chi connectivity index (χ3v) is 5.66. The van der Waals surface area contributed by atoms with Gasteiger partial charge in [0.2, 0.25) is 15.9 Å². The highest BCUT2D eigenvalue weighted by atomic mass is 32.2. The van der Waals surface area contributed by atoms with E-state index in [1.807, 2.05) is 0 Å². The minimum absolute atomic E-state index is 0.0340. The Morgan fingerprint density at radius 2 is 1.77 bits per heavy atom. The highest BCUT2D eigenvalue weighted by Crippen LogP contribution is 2.30. The van der Waals surface area contributed by atoms with E-state index in [0.717, 1.165) is 6.07 Å². The number of hydrogen-bond donors (Lipinski definition) is 0. The van der Waals surface area contributed by atoms with Crippen molar-refractivity contribution in [2.75, 3.05) is 20.2 Å². The van der Waals surface area contributed by atoms with Crippen LogP contribution in [0.1, 0.15) is 5.69 Å². The number of benzene rings is 1. The summed E-state index contributed by atoms with van der Waals surface area (Å²) < 4.78 is 74.4. The van der Waals surface area contributed by atoms with Gasteiger partial charge in [0.05, 0.1) is 25.1 Å². The van der Waals surface area contributed by atoms with Gasteiger partial charge in [-0.15, -0.1) is 0 Å². The average Bonchev–Trinajstić information content (AvgIpc) is 2.57. The first-order valence-corrected chi connectivity index (χ1v) is 8.99. The molecule has 1 aliphatic heterocycles. The Morgan fingerprint density at radius 1 is 1.12 bits per heavy atom. The van der Waals surface area contributed by atoms with Crippen LogP contribution in [0, 0.1) is 0 Å². The molecule has 0 atom stereocenters. The Hall–Kier alpha value is -2.33. The van der Waals surface area contributed by atoms with Gasteiger partial charge in [0.1, 0.15) is 17.5 Å². The lowest BCUT2D eigenvalue weighted by Gasteiger charge is -2.37. The van der Waals surface area contributed by atoms with Gasteiger partial charge in [-0.1, -0.05) is 6.07 Å². The van der Waals surface area contributed by atoms with Crippen LogP contribution in [0.5, 0.6) is 11.6 Å². The van der Waals surface area contributed by atoms with Gasteiger partial charge in [0.15, 0.2) is 0 Å². The number of hydrogen-bond acceptors (Lipinski definition) is 5. The maximum absolute atomic E-state index is 12.6. The molecule has 0 aliphatic carbocycles. The SMILES string of the molecule is COc1ccc(S(=O)(=O)N2CC(Oc3cccc(C(F)(F)F)n3)C2)cc1. The summed E-state index contributed by atoms with van der Waals surface area (Å²) >= 11 is 0. The molecule has 1 aromatic carbocycles. The molecule has 1 fully saturated rings. The maximum atomic E-state index is 12.6. The quantitative estimate of drug-likeness (QED) is 0.788. The number of alkyl halides is 3. The van der Waals surface area contributed by atoms with Gasteiger partial charge >= 0.3 is 6.18 Å². The Labute approximate surface area is 148 Å². The van der Waals surface area contributed by atoms with E-state index in [-0.39, 0.29) is 23.9 Å². The zero-order valence-corrected chi connectivity index (χ0v) is 14.4. The molecule has 0 bridgehead atoms. The molecule has 0 radical (unpaired) electrons. The molecule has 2 aromatic rings. The fraction of sp³-hybridized carbons (Fsp3) is 0.312. The van der Waals surface area contributed by atoms with Gasteiger partial charge in [-0.3, -0.25) is 0 Å². The van der Waals surface area contributed by atoms with Crippen molar-refractivity contribution in [3.63, 3.8) is 0 Å². The van der Waals surface area contributed by atoms with Crippen molar-refractivity contribution in [3.8, 4) is 11.6 Å². The fourth-order valence-corrected chi connectivity index (χ4v) is 3.88. The zero-order chi connectivity index (χ0) is 18.9. The number of nitrogens with zero attached hydrogens (tertiary/aromatic N) is 2. The molecule has 0 spiro atoms. The summed E-state index contributed by atoms with van der Waals surface area (Å²) in [6.45, 7) is 0.0680. The van der Waals surface area contributed by atoms with Crippen molar-refractivity contribution in [3.05, 3.63) is 48.2 Å². The van der Waals surface area contributed by atoms with Gasteiger partial charge in [0, 0.05) is 6.07 Å². The van der Waals surface area contributed by atoms with Crippen molar-refractivity contribution >= 4 is 10.0 Å². The summed E-state index contributed by atoms with van der Waals surface area (Å²) in [5.41, 5.74) is -1.06. The highest BCUT2D eigenvalue weighted by Gasteiger charge is 2.39. The first-order chi connectivity index (χ1) is 12.2. The molecule has 26 heavy (non-hydrogen) atoms. The molecule has 1 aromatic heterocycles. The number of methoxy groups -OCH3 is 1. The molecule has 0 unspecified atom stereocenters. The first-order valence-electron chi connectivity index (χ1n) is 7.55. The third kappa shape index (κ3) is 3.75. The molecular formula is C16H15F3N2O4S. The number of ether oxygens (including phenoxy) is 2. The van der Waals surface area contributed by atoms with Crippen LogP contribution < -0.4 is 9.47 Å². The van der Waals surface area contributed by atoms with Crippen LogP contribution >= 0.6 is 0 Å². The molecule has 6 nitrogen and oxygen atoms in total. The highest BCUT2D eigenvalue weighted by molar-refractivity contribution is 7.89. The van der Waals surface area contributed by atoms with E-state index in [4.69, 9.17) is 9.47 Å². The minimum atomic E-state index is -4.57. The molecule has 140 valence electrons. The van der Waals surface area contributed by atoms with Crippen molar-refractivity contribution in [1.82, 2.24) is 9.29 Å². The Morgan fingerprint density at radius 3 is 2.35 bits per heavy atom. The molecular weight excluding hydrogens is 373 g/mol. The van der Waals surface area contributed by atoms with E-state index in [1.54, 1.807) is 0 Å². The zero-order valence-electron chi connectivity index (χ0n) is 13.6. The van der Waals surface area contributed by atoms with Crippen LogP contribution in [0.25, 0.3) is 0 Å². The molecule has 2 heterocycles. The summed E-state index contributed by atoms with van der Waals surface area (Å²) in [6.07, 6.45) is -5.12. The number of halogens is 3. The maximum Gasteiger partial charge on any atom is 0.433 e. The van der Waals surface area contributed by atoms with Crippen molar-refractivity contribution < 1.29 is 31.1 Å². The lowest BCUT2D eigenvalue weighted by Crippen LogP contribution is -2.56. The van der Waals surface area contributed by atoms with Crippen molar-refractivity contribution in [2.24, 2.45) is 0 Å². The number of aromatic nitrogens is 1. The lowest BCUT2D eigenvalue weighted by molar-refractivity contribution is -0.141. The monoisotopic (exact) mass is 388 g/mol. The van der Waals surface area contributed by atoms with Crippen LogP contribution in [0.15, 0.2) is 47.4 Å². The predicted molar refractivity (Wildman–Crippen MR) is 85.4 cm³/mol. The molecule has 0 saturated carbocycles. The lowest BCUT2D eigenvalue weighted by atomic mass is 10.2. The second-order valence-corrected chi connectivity index (χ2v) is 7.53. The van der Waals surface area contributed by atoms with Gasteiger partial charge in [-0.2, -0.15) is 17.5 Å². The van der Waals surface area contributed by atoms with E-state index in [0.29, 0.717) is 5.75 Å². The Balaban J connectivity index is 1.63. The van der Waals surface area contributed by atoms with E-state index >= 15 is 0 Å². The second-order valence-electron chi connectivity index (χ2n) is 5.60. The van der Waals surface area contributed by atoms with Crippen molar-refractivity contribution in [1.29, 1.82) is 0 Å². The van der Waals surface area contributed by atoms with Crippen LogP contribution in [0.2, 0.25) is 0 Å². The normalized spacial score (nSPS) is 16.2. The van der Waals surface area contributed by atoms with Crippen LogP contribution in [0.3, 0.4) is 0 Å². The molecule has 1 saturated heterocycles. The molecule has 10 heteroatoms. The van der Waals surface area contributed by atoms with Gasteiger partial charge in [-0.05, 0) is 30.3 Å². The second kappa shape index (κ2) is 6.76. The average molecular weight is 388 g/mol. The standard InChI is InChI=1S/C16H15F3N2O4S/c1-24-11-5-7-13(8-6-11)26(22,23)21-9-12(10-21)25-15-4-2-3-14(20-15)16(17,18)19/h2-8,12H,9-10H2,1H3. The number of pyridine rings is 1. The van der Waals surface area contributed by atoms with Gasteiger partial charge < -0.3 is 9.47 Å². The minimum Gasteiger partial charge on any atom is -0.497 e.